The summed E-state index contributed by atoms with van der Waals surface area (Å²) < 4.78 is 11.1. The Morgan fingerprint density at radius 2 is 2.04 bits per heavy atom. The van der Waals surface area contributed by atoms with Crippen LogP contribution in [0, 0.1) is 5.92 Å². The van der Waals surface area contributed by atoms with E-state index in [9.17, 15) is 4.79 Å². The number of ether oxygens (including phenoxy) is 2. The Balaban J connectivity index is 1.75. The molecule has 0 atom stereocenters. The van der Waals surface area contributed by atoms with E-state index in [0.29, 0.717) is 17.5 Å². The summed E-state index contributed by atoms with van der Waals surface area (Å²) in [5.74, 6) is 1.44. The van der Waals surface area contributed by atoms with Crippen LogP contribution in [0.2, 0.25) is 5.02 Å². The fourth-order valence-electron chi connectivity index (χ4n) is 3.26. The number of hydrogen-bond acceptors (Lipinski definition) is 3. The van der Waals surface area contributed by atoms with E-state index in [1.165, 1.54) is 12.8 Å². The molecule has 1 amide bonds. The monoisotopic (exact) mass is 357 g/mol. The second kappa shape index (κ2) is 6.70. The van der Waals surface area contributed by atoms with Crippen LogP contribution < -0.4 is 9.64 Å². The number of amides is 1. The van der Waals surface area contributed by atoms with Gasteiger partial charge in [-0.25, -0.2) is 0 Å². The number of fused-ring (bicyclic) bond motifs is 1. The molecule has 0 unspecified atom stereocenters. The Labute approximate surface area is 152 Å². The van der Waals surface area contributed by atoms with Crippen LogP contribution in [0.15, 0.2) is 36.4 Å². The molecule has 2 aromatic carbocycles. The zero-order valence-electron chi connectivity index (χ0n) is 14.1. The zero-order valence-corrected chi connectivity index (χ0v) is 14.9. The number of nitrogens with zero attached hydrogens (tertiary/aromatic N) is 1. The quantitative estimate of drug-likeness (QED) is 0.819. The summed E-state index contributed by atoms with van der Waals surface area (Å²) in [6, 6.07) is 11.7. The van der Waals surface area contributed by atoms with Crippen molar-refractivity contribution in [2.24, 2.45) is 5.92 Å². The highest BCUT2D eigenvalue weighted by Crippen LogP contribution is 2.38. The van der Waals surface area contributed by atoms with Crippen LogP contribution >= 0.6 is 11.6 Å². The van der Waals surface area contributed by atoms with Crippen LogP contribution in [0.4, 0.5) is 5.69 Å². The summed E-state index contributed by atoms with van der Waals surface area (Å²) >= 11 is 6.17. The van der Waals surface area contributed by atoms with E-state index in [2.05, 4.69) is 6.07 Å². The van der Waals surface area contributed by atoms with Crippen molar-refractivity contribution in [1.82, 2.24) is 0 Å². The number of halogens is 1. The average Bonchev–Trinajstić information content (AvgIpc) is 3.44. The molecule has 0 spiro atoms. The normalized spacial score (nSPS) is 17.2. The molecule has 1 saturated carbocycles. The predicted molar refractivity (Wildman–Crippen MR) is 98.2 cm³/mol. The first-order chi connectivity index (χ1) is 12.2. The van der Waals surface area contributed by atoms with Gasteiger partial charge in [-0.3, -0.25) is 4.79 Å². The van der Waals surface area contributed by atoms with Gasteiger partial charge in [0, 0.05) is 28.4 Å². The van der Waals surface area contributed by atoms with Gasteiger partial charge in [0.1, 0.15) is 12.4 Å². The third-order valence-electron chi connectivity index (χ3n) is 4.76. The van der Waals surface area contributed by atoms with Gasteiger partial charge in [-0.2, -0.15) is 0 Å². The average molecular weight is 358 g/mol. The third-order valence-corrected chi connectivity index (χ3v) is 5.00. The Morgan fingerprint density at radius 1 is 1.20 bits per heavy atom. The van der Waals surface area contributed by atoms with E-state index in [1.54, 1.807) is 7.11 Å². The van der Waals surface area contributed by atoms with E-state index in [-0.39, 0.29) is 12.5 Å². The summed E-state index contributed by atoms with van der Waals surface area (Å²) in [5, 5.41) is 0.660. The van der Waals surface area contributed by atoms with Crippen molar-refractivity contribution in [3.8, 4) is 16.9 Å². The van der Waals surface area contributed by atoms with E-state index in [0.717, 1.165) is 34.7 Å². The minimum Gasteiger partial charge on any atom is -0.496 e. The van der Waals surface area contributed by atoms with E-state index < -0.39 is 0 Å². The highest BCUT2D eigenvalue weighted by Gasteiger charge is 2.30. The first kappa shape index (κ1) is 16.4. The van der Waals surface area contributed by atoms with E-state index >= 15 is 0 Å². The van der Waals surface area contributed by atoms with Gasteiger partial charge in [-0.15, -0.1) is 0 Å². The third kappa shape index (κ3) is 3.37. The molecule has 0 radical (unpaired) electrons. The van der Waals surface area contributed by atoms with Crippen molar-refractivity contribution in [3.05, 3.63) is 47.0 Å². The standard InChI is InChI=1S/C20H20ClNO3/c1-24-19-7-5-16(21)9-17(19)14-4-6-18-15(8-14)11-25-12-20(23)22(18)10-13-2-3-13/h4-9,13H,2-3,10-12H2,1H3. The lowest BCUT2D eigenvalue weighted by atomic mass is 10.0. The fourth-order valence-corrected chi connectivity index (χ4v) is 3.43. The van der Waals surface area contributed by atoms with Gasteiger partial charge in [-0.05, 0) is 54.7 Å². The van der Waals surface area contributed by atoms with Crippen molar-refractivity contribution in [3.63, 3.8) is 0 Å². The molecule has 1 heterocycles. The van der Waals surface area contributed by atoms with Crippen LogP contribution in [0.3, 0.4) is 0 Å². The molecule has 4 nitrogen and oxygen atoms in total. The van der Waals surface area contributed by atoms with Crippen molar-refractivity contribution in [2.45, 2.75) is 19.4 Å². The molecule has 130 valence electrons. The van der Waals surface area contributed by atoms with Gasteiger partial charge < -0.3 is 14.4 Å². The molecule has 2 aromatic rings. The maximum absolute atomic E-state index is 12.4. The lowest BCUT2D eigenvalue weighted by Crippen LogP contribution is -2.34. The molecule has 1 fully saturated rings. The molecule has 0 N–H and O–H groups in total. The summed E-state index contributed by atoms with van der Waals surface area (Å²) in [6.07, 6.45) is 2.41. The molecule has 1 aliphatic carbocycles. The number of rotatable bonds is 4. The number of methoxy groups -OCH3 is 1. The second-order valence-electron chi connectivity index (χ2n) is 6.63. The van der Waals surface area contributed by atoms with Crippen molar-refractivity contribution in [1.29, 1.82) is 0 Å². The molecule has 0 saturated heterocycles. The summed E-state index contributed by atoms with van der Waals surface area (Å²) in [4.78, 5) is 14.3. The second-order valence-corrected chi connectivity index (χ2v) is 7.07. The first-order valence-electron chi connectivity index (χ1n) is 8.50. The van der Waals surface area contributed by atoms with Crippen LogP contribution in [0.25, 0.3) is 11.1 Å². The van der Waals surface area contributed by atoms with Crippen molar-refractivity contribution < 1.29 is 14.3 Å². The molecule has 4 rings (SSSR count). The molecule has 1 aliphatic heterocycles. The highest BCUT2D eigenvalue weighted by atomic mass is 35.5. The summed E-state index contributed by atoms with van der Waals surface area (Å²) in [5.41, 5.74) is 3.91. The minimum absolute atomic E-state index is 0.0405. The van der Waals surface area contributed by atoms with Crippen molar-refractivity contribution >= 4 is 23.2 Å². The first-order valence-corrected chi connectivity index (χ1v) is 8.88. The molecule has 2 aliphatic rings. The molecule has 25 heavy (non-hydrogen) atoms. The predicted octanol–water partition coefficient (Wildman–Crippen LogP) is 4.29. The van der Waals surface area contributed by atoms with E-state index in [1.807, 2.05) is 35.2 Å². The van der Waals surface area contributed by atoms with E-state index in [4.69, 9.17) is 21.1 Å². The van der Waals surface area contributed by atoms with Crippen LogP contribution in [-0.4, -0.2) is 26.2 Å². The van der Waals surface area contributed by atoms with Gasteiger partial charge in [0.2, 0.25) is 0 Å². The van der Waals surface area contributed by atoms with Gasteiger partial charge >= 0.3 is 0 Å². The minimum atomic E-state index is 0.0405. The Hall–Kier alpha value is -2.04. The molecule has 5 heteroatoms. The fraction of sp³-hybridized carbons (Fsp3) is 0.350. The number of benzene rings is 2. The summed E-state index contributed by atoms with van der Waals surface area (Å²) in [6.45, 7) is 1.35. The van der Waals surface area contributed by atoms with Crippen LogP contribution in [0.1, 0.15) is 18.4 Å². The van der Waals surface area contributed by atoms with Crippen LogP contribution in [0.5, 0.6) is 5.75 Å². The number of carbonyl (C=O) groups is 1. The summed E-state index contributed by atoms with van der Waals surface area (Å²) in [7, 11) is 1.65. The zero-order chi connectivity index (χ0) is 17.4. The Bertz CT molecular complexity index is 817. The molecular formula is C20H20ClNO3. The SMILES string of the molecule is COc1ccc(Cl)cc1-c1ccc2c(c1)COCC(=O)N2CC1CC1. The van der Waals surface area contributed by atoms with Gasteiger partial charge in [0.05, 0.1) is 13.7 Å². The largest absolute Gasteiger partial charge is 0.496 e. The number of hydrogen-bond donors (Lipinski definition) is 0. The Morgan fingerprint density at radius 3 is 2.80 bits per heavy atom. The number of carbonyl (C=O) groups excluding carboxylic acids is 1. The highest BCUT2D eigenvalue weighted by molar-refractivity contribution is 6.31. The van der Waals surface area contributed by atoms with Crippen LogP contribution in [-0.2, 0) is 16.1 Å². The van der Waals surface area contributed by atoms with Gasteiger partial charge in [0.25, 0.3) is 5.91 Å². The maximum Gasteiger partial charge on any atom is 0.253 e. The lowest BCUT2D eigenvalue weighted by molar-refractivity contribution is -0.123. The number of anilines is 1. The van der Waals surface area contributed by atoms with Gasteiger partial charge in [0.15, 0.2) is 0 Å². The molecule has 0 bridgehead atoms. The lowest BCUT2D eigenvalue weighted by Gasteiger charge is -2.23. The van der Waals surface area contributed by atoms with Gasteiger partial charge in [-0.1, -0.05) is 17.7 Å². The Kier molecular flexibility index (Phi) is 4.40. The smallest absolute Gasteiger partial charge is 0.253 e. The maximum atomic E-state index is 12.4. The molecular weight excluding hydrogens is 338 g/mol. The van der Waals surface area contributed by atoms with Crippen molar-refractivity contribution in [2.75, 3.05) is 25.2 Å². The molecule has 0 aromatic heterocycles. The topological polar surface area (TPSA) is 38.8 Å².